The van der Waals surface area contributed by atoms with Crippen molar-refractivity contribution in [3.63, 3.8) is 0 Å². The molecule has 0 fully saturated rings. The molecule has 2 heterocycles. The molecule has 2 rings (SSSR count). The van der Waals surface area contributed by atoms with Crippen LogP contribution in [0.3, 0.4) is 0 Å². The maximum absolute atomic E-state index is 4.59. The maximum Gasteiger partial charge on any atom is 0.157 e. The Kier molecular flexibility index (Phi) is 4.90. The van der Waals surface area contributed by atoms with Gasteiger partial charge in [0.2, 0.25) is 0 Å². The summed E-state index contributed by atoms with van der Waals surface area (Å²) in [5.41, 5.74) is 0.383. The molecule has 1 aromatic heterocycles. The second kappa shape index (κ2) is 6.27. The van der Waals surface area contributed by atoms with Crippen molar-refractivity contribution in [1.82, 2.24) is 10.3 Å². The molecule has 19 heavy (non-hydrogen) atoms. The van der Waals surface area contributed by atoms with E-state index in [0.717, 1.165) is 29.7 Å². The molecular weight excluding hydrogens is 274 g/mol. The van der Waals surface area contributed by atoms with Gasteiger partial charge in [-0.05, 0) is 18.3 Å². The first kappa shape index (κ1) is 14.9. The lowest BCUT2D eigenvalue weighted by atomic mass is 9.90. The average molecular weight is 297 g/mol. The van der Waals surface area contributed by atoms with Crippen LogP contribution in [-0.4, -0.2) is 21.9 Å². The molecule has 1 aliphatic rings. The van der Waals surface area contributed by atoms with E-state index >= 15 is 0 Å². The Bertz CT molecular complexity index is 446. The zero-order valence-electron chi connectivity index (χ0n) is 12.2. The number of thioether (sulfide) groups is 1. The normalized spacial score (nSPS) is 19.6. The number of nitrogens with one attached hydrogen (secondary N) is 1. The highest BCUT2D eigenvalue weighted by molar-refractivity contribution is 8.14. The van der Waals surface area contributed by atoms with Crippen LogP contribution in [0, 0.1) is 5.41 Å². The van der Waals surface area contributed by atoms with Crippen molar-refractivity contribution in [2.75, 3.05) is 6.54 Å². The van der Waals surface area contributed by atoms with E-state index in [2.05, 4.69) is 43.0 Å². The summed E-state index contributed by atoms with van der Waals surface area (Å²) in [7, 11) is 0. The number of nitrogens with zero attached hydrogens (tertiary/aromatic N) is 2. The molecule has 1 aromatic rings. The first-order chi connectivity index (χ1) is 8.96. The fourth-order valence-corrected chi connectivity index (χ4v) is 4.20. The van der Waals surface area contributed by atoms with Crippen molar-refractivity contribution in [2.24, 2.45) is 10.4 Å². The van der Waals surface area contributed by atoms with Crippen LogP contribution in [0.25, 0.3) is 0 Å². The molecule has 0 amide bonds. The Morgan fingerprint density at radius 3 is 2.84 bits per heavy atom. The third-order valence-electron chi connectivity index (χ3n) is 2.90. The van der Waals surface area contributed by atoms with Crippen LogP contribution in [0.5, 0.6) is 0 Å². The molecule has 0 radical (unpaired) electrons. The van der Waals surface area contributed by atoms with Gasteiger partial charge in [-0.1, -0.05) is 39.5 Å². The van der Waals surface area contributed by atoms with Crippen molar-refractivity contribution in [3.8, 4) is 0 Å². The molecule has 0 saturated heterocycles. The standard InChI is InChI=1S/C14H23N3S2/c1-5-10-7-15-12(18-10)9-17-13-16-8-11(19-13)6-14(2,3)4/h7,11H,5-6,8-9H2,1-4H3,(H,16,17). The Morgan fingerprint density at radius 2 is 2.21 bits per heavy atom. The predicted octanol–water partition coefficient (Wildman–Crippen LogP) is 3.70. The van der Waals surface area contributed by atoms with Gasteiger partial charge in [0, 0.05) is 16.3 Å². The van der Waals surface area contributed by atoms with E-state index in [9.17, 15) is 0 Å². The number of rotatable bonds is 4. The van der Waals surface area contributed by atoms with Gasteiger partial charge in [0.25, 0.3) is 0 Å². The lowest BCUT2D eigenvalue weighted by Crippen LogP contribution is -2.20. The summed E-state index contributed by atoms with van der Waals surface area (Å²) in [6, 6.07) is 0. The van der Waals surface area contributed by atoms with E-state index in [-0.39, 0.29) is 0 Å². The smallest absolute Gasteiger partial charge is 0.157 e. The SMILES string of the molecule is CCc1cnc(CNC2=NCC(CC(C)(C)C)S2)s1. The predicted molar refractivity (Wildman–Crippen MR) is 86.1 cm³/mol. The first-order valence-corrected chi connectivity index (χ1v) is 8.54. The molecule has 106 valence electrons. The first-order valence-electron chi connectivity index (χ1n) is 6.85. The Morgan fingerprint density at radius 1 is 1.42 bits per heavy atom. The average Bonchev–Trinajstić information content (AvgIpc) is 2.93. The van der Waals surface area contributed by atoms with E-state index in [1.54, 1.807) is 11.3 Å². The molecule has 0 spiro atoms. The van der Waals surface area contributed by atoms with E-state index in [1.807, 2.05) is 18.0 Å². The van der Waals surface area contributed by atoms with Crippen LogP contribution in [0.4, 0.5) is 0 Å². The van der Waals surface area contributed by atoms with Gasteiger partial charge in [-0.25, -0.2) is 4.98 Å². The molecule has 1 N–H and O–H groups in total. The molecule has 5 heteroatoms. The van der Waals surface area contributed by atoms with Gasteiger partial charge in [-0.2, -0.15) is 0 Å². The fourth-order valence-electron chi connectivity index (χ4n) is 2.05. The van der Waals surface area contributed by atoms with E-state index in [0.29, 0.717) is 10.7 Å². The summed E-state index contributed by atoms with van der Waals surface area (Å²) < 4.78 is 0. The number of aryl methyl sites for hydroxylation is 1. The minimum atomic E-state index is 0.383. The quantitative estimate of drug-likeness (QED) is 0.920. The minimum absolute atomic E-state index is 0.383. The van der Waals surface area contributed by atoms with Gasteiger partial charge in [0.15, 0.2) is 5.17 Å². The van der Waals surface area contributed by atoms with Crippen molar-refractivity contribution < 1.29 is 0 Å². The van der Waals surface area contributed by atoms with Crippen molar-refractivity contribution in [1.29, 1.82) is 0 Å². The fraction of sp³-hybridized carbons (Fsp3) is 0.714. The summed E-state index contributed by atoms with van der Waals surface area (Å²) in [5, 5.41) is 6.28. The second-order valence-corrected chi connectivity index (χ2v) is 8.57. The third-order valence-corrected chi connectivity index (χ3v) is 5.19. The van der Waals surface area contributed by atoms with Gasteiger partial charge >= 0.3 is 0 Å². The summed E-state index contributed by atoms with van der Waals surface area (Å²) in [6.07, 6.45) is 4.26. The molecule has 1 aliphatic heterocycles. The summed E-state index contributed by atoms with van der Waals surface area (Å²) in [6.45, 7) is 10.8. The van der Waals surface area contributed by atoms with Crippen molar-refractivity contribution in [2.45, 2.75) is 52.3 Å². The van der Waals surface area contributed by atoms with Gasteiger partial charge < -0.3 is 5.32 Å². The zero-order valence-corrected chi connectivity index (χ0v) is 13.8. The number of hydrogen-bond acceptors (Lipinski definition) is 5. The highest BCUT2D eigenvalue weighted by atomic mass is 32.2. The topological polar surface area (TPSA) is 37.3 Å². The van der Waals surface area contributed by atoms with E-state index < -0.39 is 0 Å². The molecule has 1 unspecified atom stereocenters. The summed E-state index contributed by atoms with van der Waals surface area (Å²) in [4.78, 5) is 10.4. The van der Waals surface area contributed by atoms with Crippen LogP contribution in [0.1, 0.15) is 44.0 Å². The monoisotopic (exact) mass is 297 g/mol. The number of thiazole rings is 1. The van der Waals surface area contributed by atoms with Gasteiger partial charge in [0.05, 0.1) is 13.1 Å². The van der Waals surface area contributed by atoms with Crippen molar-refractivity contribution in [3.05, 3.63) is 16.1 Å². The number of aliphatic imine (C=N–C) groups is 1. The lowest BCUT2D eigenvalue weighted by molar-refractivity contribution is 0.375. The van der Waals surface area contributed by atoms with Crippen LogP contribution in [-0.2, 0) is 13.0 Å². The maximum atomic E-state index is 4.59. The highest BCUT2D eigenvalue weighted by Crippen LogP contribution is 2.31. The summed E-state index contributed by atoms with van der Waals surface area (Å²) >= 11 is 3.67. The number of aromatic nitrogens is 1. The molecular formula is C14H23N3S2. The Labute approximate surface area is 124 Å². The van der Waals surface area contributed by atoms with Gasteiger partial charge in [-0.15, -0.1) is 11.3 Å². The third kappa shape index (κ3) is 4.80. The molecule has 0 bridgehead atoms. The molecule has 0 aromatic carbocycles. The lowest BCUT2D eigenvalue weighted by Gasteiger charge is -2.21. The molecule has 0 aliphatic carbocycles. The van der Waals surface area contributed by atoms with Crippen LogP contribution >= 0.6 is 23.1 Å². The largest absolute Gasteiger partial charge is 0.358 e. The number of amidine groups is 1. The molecule has 1 atom stereocenters. The van der Waals surface area contributed by atoms with Gasteiger partial charge in [0.1, 0.15) is 5.01 Å². The Balaban J connectivity index is 1.76. The van der Waals surface area contributed by atoms with Crippen molar-refractivity contribution >= 4 is 28.3 Å². The highest BCUT2D eigenvalue weighted by Gasteiger charge is 2.24. The van der Waals surface area contributed by atoms with Crippen LogP contribution in [0.2, 0.25) is 0 Å². The molecule has 0 saturated carbocycles. The van der Waals surface area contributed by atoms with E-state index in [4.69, 9.17) is 0 Å². The minimum Gasteiger partial charge on any atom is -0.358 e. The van der Waals surface area contributed by atoms with Gasteiger partial charge in [-0.3, -0.25) is 4.99 Å². The summed E-state index contributed by atoms with van der Waals surface area (Å²) in [5.74, 6) is 0. The van der Waals surface area contributed by atoms with Crippen LogP contribution < -0.4 is 5.32 Å². The molecule has 3 nitrogen and oxygen atoms in total. The number of hydrogen-bond donors (Lipinski definition) is 1. The second-order valence-electron chi connectivity index (χ2n) is 6.08. The van der Waals surface area contributed by atoms with Crippen LogP contribution in [0.15, 0.2) is 11.2 Å². The zero-order chi connectivity index (χ0) is 13.9. The Hall–Kier alpha value is -0.550. The van der Waals surface area contributed by atoms with E-state index in [1.165, 1.54) is 11.3 Å².